The van der Waals surface area contributed by atoms with E-state index in [2.05, 4.69) is 29.8 Å². The first kappa shape index (κ1) is 13.6. The molecule has 1 aromatic rings. The van der Waals surface area contributed by atoms with E-state index in [-0.39, 0.29) is 0 Å². The minimum absolute atomic E-state index is 0.326. The first-order valence-corrected chi connectivity index (χ1v) is 6.52. The molecule has 0 aliphatic rings. The predicted octanol–water partition coefficient (Wildman–Crippen LogP) is 4.71. The first-order chi connectivity index (χ1) is 7.52. The first-order valence-electron chi connectivity index (χ1n) is 5.61. The fraction of sp³-hybridized carbons (Fsp3) is 0.538. The van der Waals surface area contributed by atoms with Crippen molar-refractivity contribution in [3.05, 3.63) is 35.4 Å². The van der Waals surface area contributed by atoms with Crippen molar-refractivity contribution in [3.63, 3.8) is 0 Å². The summed E-state index contributed by atoms with van der Waals surface area (Å²) in [5.41, 5.74) is 0.837. The molecule has 0 aliphatic carbocycles. The molecule has 0 fully saturated rings. The van der Waals surface area contributed by atoms with Crippen LogP contribution in [0.1, 0.15) is 32.3 Å². The highest BCUT2D eigenvalue weighted by molar-refractivity contribution is 9.09. The number of hydrogen-bond acceptors (Lipinski definition) is 0. The second kappa shape index (κ2) is 6.33. The van der Waals surface area contributed by atoms with Gasteiger partial charge in [-0.1, -0.05) is 42.3 Å². The smallest absolute Gasteiger partial charge is 0.159 e. The predicted molar refractivity (Wildman–Crippen MR) is 66.8 cm³/mol. The summed E-state index contributed by atoms with van der Waals surface area (Å²) in [5.74, 6) is -0.896. The average molecular weight is 291 g/mol. The highest BCUT2D eigenvalue weighted by Gasteiger charge is 2.11. The van der Waals surface area contributed by atoms with Crippen molar-refractivity contribution >= 4 is 15.9 Å². The molecule has 1 rings (SSSR count). The Bertz CT molecular complexity index is 339. The third kappa shape index (κ3) is 4.20. The van der Waals surface area contributed by atoms with E-state index in [1.54, 1.807) is 6.07 Å². The molecule has 0 heterocycles. The topological polar surface area (TPSA) is 0 Å². The molecule has 90 valence electrons. The second-order valence-electron chi connectivity index (χ2n) is 4.30. The van der Waals surface area contributed by atoms with Crippen molar-refractivity contribution < 1.29 is 8.78 Å². The van der Waals surface area contributed by atoms with Gasteiger partial charge in [-0.3, -0.25) is 0 Å². The summed E-state index contributed by atoms with van der Waals surface area (Å²) >= 11 is 3.58. The molecule has 3 heteroatoms. The van der Waals surface area contributed by atoms with Gasteiger partial charge in [-0.05, 0) is 36.5 Å². The Morgan fingerprint density at radius 3 is 2.50 bits per heavy atom. The van der Waals surface area contributed by atoms with Crippen LogP contribution in [0.2, 0.25) is 0 Å². The number of hydrogen-bond donors (Lipinski definition) is 0. The molecule has 0 spiro atoms. The maximum Gasteiger partial charge on any atom is 0.159 e. The molecule has 0 saturated carbocycles. The quantitative estimate of drug-likeness (QED) is 0.689. The summed E-state index contributed by atoms with van der Waals surface area (Å²) in [6.45, 7) is 4.35. The molecular formula is C13H17BrF2. The van der Waals surface area contributed by atoms with Gasteiger partial charge in [0.05, 0.1) is 0 Å². The van der Waals surface area contributed by atoms with E-state index < -0.39 is 11.6 Å². The molecule has 0 amide bonds. The number of benzene rings is 1. The fourth-order valence-electron chi connectivity index (χ4n) is 1.61. The molecule has 1 aromatic carbocycles. The van der Waals surface area contributed by atoms with Crippen LogP contribution in [0.25, 0.3) is 0 Å². The number of alkyl halides is 1. The normalized spacial score (nSPS) is 14.8. The van der Waals surface area contributed by atoms with Crippen LogP contribution in [0.15, 0.2) is 18.2 Å². The van der Waals surface area contributed by atoms with Crippen molar-refractivity contribution in [2.45, 2.75) is 37.9 Å². The van der Waals surface area contributed by atoms with E-state index in [1.165, 1.54) is 12.1 Å². The van der Waals surface area contributed by atoms with Gasteiger partial charge in [0.25, 0.3) is 0 Å². The molecule has 0 aliphatic heterocycles. The summed E-state index contributed by atoms with van der Waals surface area (Å²) < 4.78 is 25.7. The van der Waals surface area contributed by atoms with E-state index in [0.717, 1.165) is 24.8 Å². The van der Waals surface area contributed by atoms with Crippen LogP contribution >= 0.6 is 15.9 Å². The van der Waals surface area contributed by atoms with Gasteiger partial charge in [0.1, 0.15) is 0 Å². The molecule has 0 saturated heterocycles. The monoisotopic (exact) mass is 290 g/mol. The van der Waals surface area contributed by atoms with E-state index in [1.807, 2.05) is 0 Å². The molecule has 16 heavy (non-hydrogen) atoms. The van der Waals surface area contributed by atoms with Gasteiger partial charge in [-0.15, -0.1) is 0 Å². The van der Waals surface area contributed by atoms with Gasteiger partial charge >= 0.3 is 0 Å². The molecular weight excluding hydrogens is 274 g/mol. The van der Waals surface area contributed by atoms with Gasteiger partial charge in [0.2, 0.25) is 0 Å². The van der Waals surface area contributed by atoms with Crippen molar-refractivity contribution in [3.8, 4) is 0 Å². The van der Waals surface area contributed by atoms with Crippen LogP contribution in [-0.2, 0) is 6.42 Å². The van der Waals surface area contributed by atoms with Crippen molar-refractivity contribution in [2.24, 2.45) is 5.92 Å². The Balaban J connectivity index is 2.56. The molecule has 0 bridgehead atoms. The van der Waals surface area contributed by atoms with Crippen LogP contribution < -0.4 is 0 Å². The fourth-order valence-corrected chi connectivity index (χ4v) is 2.62. The summed E-state index contributed by atoms with van der Waals surface area (Å²) in [6.07, 6.45) is 2.93. The zero-order valence-corrected chi connectivity index (χ0v) is 11.2. The van der Waals surface area contributed by atoms with Crippen LogP contribution in [0, 0.1) is 17.6 Å². The minimum Gasteiger partial charge on any atom is -0.204 e. The van der Waals surface area contributed by atoms with Gasteiger partial charge < -0.3 is 0 Å². The molecule has 0 N–H and O–H groups in total. The Morgan fingerprint density at radius 2 is 1.94 bits per heavy atom. The lowest BCUT2D eigenvalue weighted by Crippen LogP contribution is -2.08. The molecule has 2 unspecified atom stereocenters. The Morgan fingerprint density at radius 1 is 1.25 bits per heavy atom. The Hall–Kier alpha value is -0.440. The molecule has 0 aromatic heterocycles. The second-order valence-corrected chi connectivity index (χ2v) is 5.59. The van der Waals surface area contributed by atoms with Gasteiger partial charge in [0, 0.05) is 4.83 Å². The van der Waals surface area contributed by atoms with Gasteiger partial charge in [0.15, 0.2) is 11.6 Å². The minimum atomic E-state index is -0.781. The summed E-state index contributed by atoms with van der Waals surface area (Å²) in [7, 11) is 0. The zero-order valence-electron chi connectivity index (χ0n) is 9.64. The summed E-state index contributed by atoms with van der Waals surface area (Å²) in [4.78, 5) is 0.326. The molecule has 0 nitrogen and oxygen atoms in total. The number of rotatable bonds is 5. The molecule has 0 radical (unpaired) electrons. The third-order valence-electron chi connectivity index (χ3n) is 2.80. The van der Waals surface area contributed by atoms with Crippen LogP contribution in [0.4, 0.5) is 8.78 Å². The Labute approximate surface area is 104 Å². The van der Waals surface area contributed by atoms with Crippen molar-refractivity contribution in [2.75, 3.05) is 0 Å². The summed E-state index contributed by atoms with van der Waals surface area (Å²) in [5, 5.41) is 0. The number of halogens is 3. The van der Waals surface area contributed by atoms with Gasteiger partial charge in [-0.25, -0.2) is 8.78 Å². The lowest BCUT2D eigenvalue weighted by molar-refractivity contribution is 0.499. The lowest BCUT2D eigenvalue weighted by Gasteiger charge is -2.14. The standard InChI is InChI=1S/C13H17BrF2/c1-3-9(2)6-11(14)7-10-4-5-12(15)13(16)8-10/h4-5,8-9,11H,3,6-7H2,1-2H3. The van der Waals surface area contributed by atoms with E-state index in [0.29, 0.717) is 10.7 Å². The SMILES string of the molecule is CCC(C)CC(Br)Cc1ccc(F)c(F)c1. The van der Waals surface area contributed by atoms with Crippen LogP contribution in [0.3, 0.4) is 0 Å². The maximum absolute atomic E-state index is 13.0. The maximum atomic E-state index is 13.0. The highest BCUT2D eigenvalue weighted by atomic mass is 79.9. The van der Waals surface area contributed by atoms with Crippen LogP contribution in [0.5, 0.6) is 0 Å². The van der Waals surface area contributed by atoms with Crippen LogP contribution in [-0.4, -0.2) is 4.83 Å². The van der Waals surface area contributed by atoms with E-state index in [4.69, 9.17) is 0 Å². The third-order valence-corrected chi connectivity index (χ3v) is 3.49. The average Bonchev–Trinajstić information content (AvgIpc) is 2.23. The highest BCUT2D eigenvalue weighted by Crippen LogP contribution is 2.20. The van der Waals surface area contributed by atoms with E-state index >= 15 is 0 Å². The van der Waals surface area contributed by atoms with Gasteiger partial charge in [-0.2, -0.15) is 0 Å². The largest absolute Gasteiger partial charge is 0.204 e. The zero-order chi connectivity index (χ0) is 12.1. The molecule has 2 atom stereocenters. The Kier molecular flexibility index (Phi) is 5.39. The lowest BCUT2D eigenvalue weighted by atomic mass is 9.99. The summed E-state index contributed by atoms with van der Waals surface area (Å²) in [6, 6.07) is 4.11. The van der Waals surface area contributed by atoms with E-state index in [9.17, 15) is 8.78 Å². The van der Waals surface area contributed by atoms with Crippen molar-refractivity contribution in [1.82, 2.24) is 0 Å². The van der Waals surface area contributed by atoms with Crippen molar-refractivity contribution in [1.29, 1.82) is 0 Å².